The highest BCUT2D eigenvalue weighted by molar-refractivity contribution is 7.89. The van der Waals surface area contributed by atoms with Gasteiger partial charge < -0.3 is 5.32 Å². The molecule has 0 heterocycles. The summed E-state index contributed by atoms with van der Waals surface area (Å²) < 4.78 is 36.0. The highest BCUT2D eigenvalue weighted by Crippen LogP contribution is 2.18. The largest absolute Gasteiger partial charge is 0.376 e. The van der Waals surface area contributed by atoms with Gasteiger partial charge in [-0.2, -0.15) is 0 Å². The van der Waals surface area contributed by atoms with Crippen molar-refractivity contribution in [2.24, 2.45) is 0 Å². The van der Waals surface area contributed by atoms with Crippen LogP contribution in [0.15, 0.2) is 18.2 Å². The molecule has 0 atom stereocenters. The number of nitrogens with one attached hydrogen (secondary N) is 2. The predicted octanol–water partition coefficient (Wildman–Crippen LogP) is 0.967. The second-order valence-electron chi connectivity index (χ2n) is 3.28. The quantitative estimate of drug-likeness (QED) is 0.862. The predicted molar refractivity (Wildman–Crippen MR) is 62.9 cm³/mol. The third-order valence-corrected chi connectivity index (χ3v) is 2.56. The van der Waals surface area contributed by atoms with Crippen molar-refractivity contribution in [3.05, 3.63) is 29.0 Å². The minimum Gasteiger partial charge on any atom is -0.376 e. The molecular weight excluding hydrogens is 271 g/mol. The highest BCUT2D eigenvalue weighted by atomic mass is 35.5. The lowest BCUT2D eigenvalue weighted by Crippen LogP contribution is -2.34. The molecule has 0 aromatic heterocycles. The van der Waals surface area contributed by atoms with Gasteiger partial charge in [-0.3, -0.25) is 9.52 Å². The molecule has 5 nitrogen and oxygen atoms in total. The summed E-state index contributed by atoms with van der Waals surface area (Å²) in [5.41, 5.74) is 0.417. The molecule has 0 saturated carbocycles. The van der Waals surface area contributed by atoms with Crippen LogP contribution < -0.4 is 10.0 Å². The number of sulfonamides is 1. The van der Waals surface area contributed by atoms with Gasteiger partial charge in [0.25, 0.3) is 5.91 Å². The van der Waals surface area contributed by atoms with Gasteiger partial charge in [0.05, 0.1) is 17.8 Å². The van der Waals surface area contributed by atoms with Crippen LogP contribution in [-0.4, -0.2) is 27.1 Å². The Hall–Kier alpha value is -1.34. The van der Waals surface area contributed by atoms with Gasteiger partial charge in [-0.05, 0) is 18.2 Å². The monoisotopic (exact) mass is 280 g/mol. The third-order valence-electron chi connectivity index (χ3n) is 1.67. The Labute approximate surface area is 103 Å². The van der Waals surface area contributed by atoms with Crippen LogP contribution in [-0.2, 0) is 14.8 Å². The van der Waals surface area contributed by atoms with Crippen molar-refractivity contribution < 1.29 is 17.6 Å². The fourth-order valence-corrected chi connectivity index (χ4v) is 1.70. The minimum atomic E-state index is -3.57. The number of hydrogen-bond donors (Lipinski definition) is 2. The van der Waals surface area contributed by atoms with E-state index in [0.29, 0.717) is 5.69 Å². The van der Waals surface area contributed by atoms with Crippen LogP contribution in [0.1, 0.15) is 0 Å². The average molecular weight is 281 g/mol. The molecule has 1 amide bonds. The first-order valence-electron chi connectivity index (χ1n) is 4.47. The molecule has 17 heavy (non-hydrogen) atoms. The van der Waals surface area contributed by atoms with E-state index in [0.717, 1.165) is 12.3 Å². The van der Waals surface area contributed by atoms with Crippen LogP contribution >= 0.6 is 11.6 Å². The van der Waals surface area contributed by atoms with Crippen LogP contribution in [0.5, 0.6) is 0 Å². The smallest absolute Gasteiger partial charge is 0.252 e. The first kappa shape index (κ1) is 13.7. The van der Waals surface area contributed by atoms with Crippen molar-refractivity contribution in [3.8, 4) is 0 Å². The van der Waals surface area contributed by atoms with Crippen LogP contribution in [0.2, 0.25) is 5.02 Å². The van der Waals surface area contributed by atoms with E-state index in [1.165, 1.54) is 12.1 Å². The summed E-state index contributed by atoms with van der Waals surface area (Å²) in [5.74, 6) is -1.29. The first-order chi connectivity index (χ1) is 7.78. The van der Waals surface area contributed by atoms with Crippen LogP contribution in [0.3, 0.4) is 0 Å². The summed E-state index contributed by atoms with van der Waals surface area (Å²) in [6.45, 7) is -0.255. The van der Waals surface area contributed by atoms with Crippen molar-refractivity contribution >= 4 is 33.2 Å². The lowest BCUT2D eigenvalue weighted by atomic mass is 10.3. The lowest BCUT2D eigenvalue weighted by molar-refractivity contribution is -0.117. The second kappa shape index (κ2) is 5.33. The zero-order chi connectivity index (χ0) is 13.1. The maximum absolute atomic E-state index is 12.8. The molecule has 0 unspecified atom stereocenters. The van der Waals surface area contributed by atoms with Gasteiger partial charge in [-0.15, -0.1) is 0 Å². The maximum Gasteiger partial charge on any atom is 0.252 e. The second-order valence-corrected chi connectivity index (χ2v) is 5.44. The molecule has 0 aliphatic rings. The number of benzene rings is 1. The first-order valence-corrected chi connectivity index (χ1v) is 6.74. The molecule has 0 fully saturated rings. The zero-order valence-corrected chi connectivity index (χ0v) is 10.4. The molecule has 0 radical (unpaired) electrons. The van der Waals surface area contributed by atoms with Crippen molar-refractivity contribution in [2.75, 3.05) is 18.1 Å². The van der Waals surface area contributed by atoms with Gasteiger partial charge in [0.1, 0.15) is 5.82 Å². The Morgan fingerprint density at radius 2 is 2.12 bits per heavy atom. The molecule has 0 aliphatic carbocycles. The van der Waals surface area contributed by atoms with E-state index >= 15 is 0 Å². The van der Waals surface area contributed by atoms with Crippen molar-refractivity contribution in [3.63, 3.8) is 0 Å². The topological polar surface area (TPSA) is 75.3 Å². The zero-order valence-electron chi connectivity index (χ0n) is 8.83. The van der Waals surface area contributed by atoms with Gasteiger partial charge in [0.15, 0.2) is 0 Å². The number of carbonyl (C=O) groups is 1. The van der Waals surface area contributed by atoms with E-state index in [2.05, 4.69) is 5.32 Å². The Balaban J connectivity index is 2.56. The van der Waals surface area contributed by atoms with E-state index in [9.17, 15) is 17.6 Å². The van der Waals surface area contributed by atoms with Gasteiger partial charge in [0.2, 0.25) is 10.0 Å². The van der Waals surface area contributed by atoms with E-state index in [1.807, 2.05) is 0 Å². The normalized spacial score (nSPS) is 11.0. The summed E-state index contributed by atoms with van der Waals surface area (Å²) >= 11 is 5.52. The number of carbonyl (C=O) groups excluding carboxylic acids is 1. The Kier molecular flexibility index (Phi) is 4.30. The molecule has 0 aliphatic heterocycles. The average Bonchev–Trinajstić information content (AvgIpc) is 2.17. The summed E-state index contributed by atoms with van der Waals surface area (Å²) in [6.07, 6.45) is 0.875. The molecule has 0 bridgehead atoms. The lowest BCUT2D eigenvalue weighted by Gasteiger charge is -2.06. The molecule has 1 aromatic rings. The van der Waals surface area contributed by atoms with E-state index in [-0.39, 0.29) is 11.6 Å². The van der Waals surface area contributed by atoms with Crippen LogP contribution in [0.4, 0.5) is 10.1 Å². The molecule has 94 valence electrons. The summed E-state index contributed by atoms with van der Waals surface area (Å²) in [7, 11) is -3.57. The maximum atomic E-state index is 12.8. The van der Waals surface area contributed by atoms with Crippen molar-refractivity contribution in [1.29, 1.82) is 0 Å². The van der Waals surface area contributed by atoms with Crippen molar-refractivity contribution in [1.82, 2.24) is 4.72 Å². The number of hydrogen-bond acceptors (Lipinski definition) is 4. The Morgan fingerprint density at radius 1 is 1.47 bits per heavy atom. The fourth-order valence-electron chi connectivity index (χ4n) is 1.03. The summed E-state index contributed by atoms with van der Waals surface area (Å²) in [6, 6.07) is 3.82. The molecule has 2 N–H and O–H groups in total. The Morgan fingerprint density at radius 3 is 2.65 bits per heavy atom. The Bertz CT molecular complexity index is 533. The molecule has 8 heteroatoms. The van der Waals surface area contributed by atoms with Gasteiger partial charge in [-0.25, -0.2) is 12.8 Å². The highest BCUT2D eigenvalue weighted by Gasteiger charge is 2.08. The summed E-state index contributed by atoms with van der Waals surface area (Å²) in [4.78, 5) is 11.1. The molecule has 0 spiro atoms. The molecule has 1 aromatic carbocycles. The number of amides is 1. The number of halogens is 2. The molecule has 0 saturated heterocycles. The number of anilines is 1. The standard InChI is InChI=1S/C9H10ClFN2O3S/c1-17(15,16)13-9(14)5-12-6-2-3-8(11)7(10)4-6/h2-4,12H,5H2,1H3,(H,13,14). The summed E-state index contributed by atoms with van der Waals surface area (Å²) in [5, 5.41) is 2.52. The van der Waals surface area contributed by atoms with Gasteiger partial charge in [-0.1, -0.05) is 11.6 Å². The fraction of sp³-hybridized carbons (Fsp3) is 0.222. The van der Waals surface area contributed by atoms with E-state index in [1.54, 1.807) is 4.72 Å². The molecular formula is C9H10ClFN2O3S. The third kappa shape index (κ3) is 5.01. The van der Waals surface area contributed by atoms with Gasteiger partial charge in [0, 0.05) is 5.69 Å². The van der Waals surface area contributed by atoms with Crippen LogP contribution in [0, 0.1) is 5.82 Å². The van der Waals surface area contributed by atoms with Crippen molar-refractivity contribution in [2.45, 2.75) is 0 Å². The number of rotatable bonds is 4. The van der Waals surface area contributed by atoms with Crippen LogP contribution in [0.25, 0.3) is 0 Å². The van der Waals surface area contributed by atoms with E-state index < -0.39 is 21.7 Å². The molecule has 1 rings (SSSR count). The van der Waals surface area contributed by atoms with Gasteiger partial charge >= 0.3 is 0 Å². The minimum absolute atomic E-state index is 0.0847. The SMILES string of the molecule is CS(=O)(=O)NC(=O)CNc1ccc(F)c(Cl)c1. The van der Waals surface area contributed by atoms with E-state index in [4.69, 9.17) is 11.6 Å².